The zero-order chi connectivity index (χ0) is 14.7. The Morgan fingerprint density at radius 3 is 2.67 bits per heavy atom. The molecular weight excluding hydrogens is 258 g/mol. The Bertz CT molecular complexity index is 591. The molecule has 3 rings (SSSR count). The smallest absolute Gasteiger partial charge is 0.115 e. The molecule has 0 aromatic heterocycles. The van der Waals surface area contributed by atoms with Gasteiger partial charge in [-0.2, -0.15) is 0 Å². The topological polar surface area (TPSA) is 23.5 Å². The number of aryl methyl sites for hydroxylation is 2. The number of phenolic OH excluding ortho intramolecular Hbond substituents is 1. The molecule has 2 heteroatoms. The molecule has 0 fully saturated rings. The van der Waals surface area contributed by atoms with E-state index in [0.29, 0.717) is 11.8 Å². The highest BCUT2D eigenvalue weighted by molar-refractivity contribution is 5.56. The van der Waals surface area contributed by atoms with Crippen molar-refractivity contribution in [1.82, 2.24) is 0 Å². The van der Waals surface area contributed by atoms with E-state index < -0.39 is 0 Å². The van der Waals surface area contributed by atoms with E-state index in [2.05, 4.69) is 36.1 Å². The number of phenols is 1. The lowest BCUT2D eigenvalue weighted by Gasteiger charge is -2.36. The van der Waals surface area contributed by atoms with E-state index >= 15 is 0 Å². The van der Waals surface area contributed by atoms with Crippen LogP contribution in [0.4, 0.5) is 5.69 Å². The Morgan fingerprint density at radius 2 is 1.86 bits per heavy atom. The monoisotopic (exact) mass is 281 g/mol. The van der Waals surface area contributed by atoms with Gasteiger partial charge >= 0.3 is 0 Å². The van der Waals surface area contributed by atoms with Crippen LogP contribution in [0.1, 0.15) is 30.9 Å². The van der Waals surface area contributed by atoms with Crippen molar-refractivity contribution in [2.24, 2.45) is 0 Å². The summed E-state index contributed by atoms with van der Waals surface area (Å²) in [5, 5.41) is 9.34. The minimum absolute atomic E-state index is 0.344. The second-order valence-electron chi connectivity index (χ2n) is 5.98. The van der Waals surface area contributed by atoms with E-state index in [9.17, 15) is 5.11 Å². The van der Waals surface area contributed by atoms with Crippen molar-refractivity contribution in [1.29, 1.82) is 0 Å². The Labute approximate surface area is 127 Å². The molecule has 0 radical (unpaired) electrons. The minimum atomic E-state index is 0.344. The summed E-state index contributed by atoms with van der Waals surface area (Å²) in [7, 11) is 0. The number of benzene rings is 2. The first kappa shape index (κ1) is 14.0. The van der Waals surface area contributed by atoms with Crippen LogP contribution in [0, 0.1) is 0 Å². The molecule has 2 aromatic carbocycles. The van der Waals surface area contributed by atoms with Crippen LogP contribution < -0.4 is 4.90 Å². The van der Waals surface area contributed by atoms with Gasteiger partial charge in [0.25, 0.3) is 0 Å². The van der Waals surface area contributed by atoms with Crippen LogP contribution in [0.3, 0.4) is 0 Å². The first-order chi connectivity index (χ1) is 10.2. The van der Waals surface area contributed by atoms with Gasteiger partial charge in [-0.25, -0.2) is 0 Å². The van der Waals surface area contributed by atoms with Gasteiger partial charge in [0.2, 0.25) is 0 Å². The van der Waals surface area contributed by atoms with Gasteiger partial charge in [0, 0.05) is 18.3 Å². The third-order valence-corrected chi connectivity index (χ3v) is 4.47. The lowest BCUT2D eigenvalue weighted by atomic mass is 9.98. The fraction of sp³-hybridized carbons (Fsp3) is 0.368. The molecule has 1 aliphatic heterocycles. The molecule has 1 atom stereocenters. The van der Waals surface area contributed by atoms with E-state index in [1.165, 1.54) is 29.7 Å². The Balaban J connectivity index is 1.66. The first-order valence-corrected chi connectivity index (χ1v) is 7.86. The molecule has 0 spiro atoms. The molecule has 0 aliphatic carbocycles. The van der Waals surface area contributed by atoms with E-state index in [1.807, 2.05) is 12.1 Å². The van der Waals surface area contributed by atoms with Gasteiger partial charge in [-0.15, -0.1) is 0 Å². The predicted octanol–water partition coefficient (Wildman–Crippen LogP) is 4.17. The van der Waals surface area contributed by atoms with Crippen molar-refractivity contribution < 1.29 is 5.11 Å². The summed E-state index contributed by atoms with van der Waals surface area (Å²) in [6.45, 7) is 3.48. The van der Waals surface area contributed by atoms with Gasteiger partial charge < -0.3 is 10.0 Å². The standard InChI is InChI=1S/C19H23NO/c1-15(8-9-16-10-12-18(21)13-11-16)20-14-4-6-17-5-2-3-7-19(17)20/h2-3,5,7,10-13,15,21H,4,6,8-9,14H2,1H3. The van der Waals surface area contributed by atoms with Crippen molar-refractivity contribution in [3.63, 3.8) is 0 Å². The number of hydrogen-bond acceptors (Lipinski definition) is 2. The van der Waals surface area contributed by atoms with Gasteiger partial charge in [-0.05, 0) is 61.9 Å². The summed E-state index contributed by atoms with van der Waals surface area (Å²) >= 11 is 0. The minimum Gasteiger partial charge on any atom is -0.508 e. The Morgan fingerprint density at radius 1 is 1.10 bits per heavy atom. The molecule has 0 bridgehead atoms. The zero-order valence-electron chi connectivity index (χ0n) is 12.6. The highest BCUT2D eigenvalue weighted by Crippen LogP contribution is 2.29. The Hall–Kier alpha value is -1.96. The normalized spacial score (nSPS) is 15.6. The fourth-order valence-corrected chi connectivity index (χ4v) is 3.21. The van der Waals surface area contributed by atoms with Crippen molar-refractivity contribution in [2.45, 2.75) is 38.6 Å². The third-order valence-electron chi connectivity index (χ3n) is 4.47. The van der Waals surface area contributed by atoms with Crippen molar-refractivity contribution in [2.75, 3.05) is 11.4 Å². The van der Waals surface area contributed by atoms with Crippen molar-refractivity contribution >= 4 is 5.69 Å². The maximum absolute atomic E-state index is 9.34. The zero-order valence-corrected chi connectivity index (χ0v) is 12.6. The largest absolute Gasteiger partial charge is 0.508 e. The maximum Gasteiger partial charge on any atom is 0.115 e. The van der Waals surface area contributed by atoms with Crippen molar-refractivity contribution in [3.8, 4) is 5.75 Å². The number of nitrogens with zero attached hydrogens (tertiary/aromatic N) is 1. The molecule has 1 unspecified atom stereocenters. The number of aromatic hydroxyl groups is 1. The molecule has 2 nitrogen and oxygen atoms in total. The highest BCUT2D eigenvalue weighted by Gasteiger charge is 2.20. The average Bonchev–Trinajstić information content (AvgIpc) is 2.53. The fourth-order valence-electron chi connectivity index (χ4n) is 3.21. The second-order valence-corrected chi connectivity index (χ2v) is 5.98. The van der Waals surface area contributed by atoms with Crippen LogP contribution in [0.5, 0.6) is 5.75 Å². The van der Waals surface area contributed by atoms with E-state index in [1.54, 1.807) is 12.1 Å². The summed E-state index contributed by atoms with van der Waals surface area (Å²) in [4.78, 5) is 2.55. The van der Waals surface area contributed by atoms with Crippen LogP contribution in [0.15, 0.2) is 48.5 Å². The predicted molar refractivity (Wildman–Crippen MR) is 88.0 cm³/mol. The molecule has 0 saturated heterocycles. The number of fused-ring (bicyclic) bond motifs is 1. The summed E-state index contributed by atoms with van der Waals surface area (Å²) in [6.07, 6.45) is 4.65. The van der Waals surface area contributed by atoms with Gasteiger partial charge in [0.15, 0.2) is 0 Å². The summed E-state index contributed by atoms with van der Waals surface area (Å²) in [5.41, 5.74) is 4.20. The van der Waals surface area contributed by atoms with E-state index in [-0.39, 0.29) is 0 Å². The van der Waals surface area contributed by atoms with Crippen LogP contribution in [-0.2, 0) is 12.8 Å². The molecule has 2 aromatic rings. The van der Waals surface area contributed by atoms with Crippen molar-refractivity contribution in [3.05, 3.63) is 59.7 Å². The number of rotatable bonds is 4. The number of para-hydroxylation sites is 1. The lowest BCUT2D eigenvalue weighted by Crippen LogP contribution is -2.37. The summed E-state index contributed by atoms with van der Waals surface area (Å²) in [5.74, 6) is 0.344. The Kier molecular flexibility index (Phi) is 4.14. The second kappa shape index (κ2) is 6.21. The molecule has 0 amide bonds. The van der Waals surface area contributed by atoms with Gasteiger partial charge in [-0.1, -0.05) is 30.3 Å². The molecule has 1 heterocycles. The average molecular weight is 281 g/mol. The molecule has 1 aliphatic rings. The summed E-state index contributed by atoms with van der Waals surface area (Å²) < 4.78 is 0. The SMILES string of the molecule is CC(CCc1ccc(O)cc1)N1CCCc2ccccc21. The van der Waals surface area contributed by atoms with Crippen LogP contribution in [-0.4, -0.2) is 17.7 Å². The highest BCUT2D eigenvalue weighted by atomic mass is 16.3. The van der Waals surface area contributed by atoms with E-state index in [0.717, 1.165) is 19.4 Å². The van der Waals surface area contributed by atoms with Gasteiger partial charge in [-0.3, -0.25) is 0 Å². The quantitative estimate of drug-likeness (QED) is 0.909. The molecule has 110 valence electrons. The molecule has 1 N–H and O–H groups in total. The number of anilines is 1. The maximum atomic E-state index is 9.34. The number of hydrogen-bond donors (Lipinski definition) is 1. The van der Waals surface area contributed by atoms with E-state index in [4.69, 9.17) is 0 Å². The summed E-state index contributed by atoms with van der Waals surface area (Å²) in [6, 6.07) is 16.9. The molecular formula is C19H23NO. The third kappa shape index (κ3) is 3.21. The molecule has 0 saturated carbocycles. The van der Waals surface area contributed by atoms with Gasteiger partial charge in [0.05, 0.1) is 0 Å². The first-order valence-electron chi connectivity index (χ1n) is 7.86. The lowest BCUT2D eigenvalue weighted by molar-refractivity contribution is 0.475. The molecule has 21 heavy (non-hydrogen) atoms. The van der Waals surface area contributed by atoms with Crippen LogP contribution >= 0.6 is 0 Å². The van der Waals surface area contributed by atoms with Crippen LogP contribution in [0.25, 0.3) is 0 Å². The van der Waals surface area contributed by atoms with Crippen LogP contribution in [0.2, 0.25) is 0 Å². The van der Waals surface area contributed by atoms with Gasteiger partial charge in [0.1, 0.15) is 5.75 Å².